The van der Waals surface area contributed by atoms with Gasteiger partial charge in [0, 0.05) is 0 Å². The Morgan fingerprint density at radius 3 is 2.42 bits per heavy atom. The van der Waals surface area contributed by atoms with Gasteiger partial charge in [-0.1, -0.05) is 31.4 Å². The summed E-state index contributed by atoms with van der Waals surface area (Å²) in [6.07, 6.45) is 3.79. The predicted octanol–water partition coefficient (Wildman–Crippen LogP) is 3.96. The number of amides is 1. The normalized spacial score (nSPS) is 17.1. The number of hydrogen-bond donors (Lipinski definition) is 1. The maximum atomic E-state index is 12.5. The van der Waals surface area contributed by atoms with Crippen LogP contribution in [-0.2, 0) is 4.79 Å². The van der Waals surface area contributed by atoms with Crippen LogP contribution in [0.5, 0.6) is 11.5 Å². The van der Waals surface area contributed by atoms with Gasteiger partial charge in [0.25, 0.3) is 5.91 Å². The SMILES string of the molecule is COc1ccc2ccc(O[C@H](C)C(=O)NC3(C#N)CCCCC3)cc2c1. The van der Waals surface area contributed by atoms with E-state index in [-0.39, 0.29) is 5.91 Å². The molecule has 3 rings (SSSR count). The zero-order valence-corrected chi connectivity index (χ0v) is 15.2. The number of nitrogens with one attached hydrogen (secondary N) is 1. The Balaban J connectivity index is 1.70. The minimum atomic E-state index is -0.746. The van der Waals surface area contributed by atoms with Gasteiger partial charge in [-0.3, -0.25) is 4.79 Å². The fourth-order valence-corrected chi connectivity index (χ4v) is 3.42. The van der Waals surface area contributed by atoms with E-state index in [1.54, 1.807) is 14.0 Å². The van der Waals surface area contributed by atoms with Crippen molar-refractivity contribution in [3.05, 3.63) is 36.4 Å². The molecule has 0 bridgehead atoms. The molecule has 136 valence electrons. The van der Waals surface area contributed by atoms with E-state index in [1.807, 2.05) is 36.4 Å². The minimum absolute atomic E-state index is 0.251. The van der Waals surface area contributed by atoms with E-state index in [9.17, 15) is 10.1 Å². The Morgan fingerprint density at radius 2 is 1.77 bits per heavy atom. The van der Waals surface area contributed by atoms with Gasteiger partial charge in [0.1, 0.15) is 17.0 Å². The van der Waals surface area contributed by atoms with Crippen molar-refractivity contribution in [3.63, 3.8) is 0 Å². The van der Waals surface area contributed by atoms with E-state index >= 15 is 0 Å². The summed E-state index contributed by atoms with van der Waals surface area (Å²) >= 11 is 0. The van der Waals surface area contributed by atoms with Crippen molar-refractivity contribution < 1.29 is 14.3 Å². The van der Waals surface area contributed by atoms with Crippen LogP contribution in [0.2, 0.25) is 0 Å². The molecular formula is C21H24N2O3. The lowest BCUT2D eigenvalue weighted by Gasteiger charge is -2.32. The lowest BCUT2D eigenvalue weighted by atomic mass is 9.83. The molecule has 1 atom stereocenters. The molecule has 0 unspecified atom stereocenters. The average molecular weight is 352 g/mol. The van der Waals surface area contributed by atoms with Gasteiger partial charge >= 0.3 is 0 Å². The smallest absolute Gasteiger partial charge is 0.262 e. The Kier molecular flexibility index (Phi) is 5.32. The van der Waals surface area contributed by atoms with Crippen molar-refractivity contribution in [3.8, 4) is 17.6 Å². The summed E-state index contributed by atoms with van der Waals surface area (Å²) in [5.41, 5.74) is -0.746. The molecule has 1 saturated carbocycles. The molecule has 1 amide bonds. The summed E-state index contributed by atoms with van der Waals surface area (Å²) in [5, 5.41) is 14.5. The van der Waals surface area contributed by atoms with Gasteiger partial charge in [-0.2, -0.15) is 5.26 Å². The third-order valence-corrected chi connectivity index (χ3v) is 4.98. The van der Waals surface area contributed by atoms with Gasteiger partial charge in [-0.05, 0) is 54.8 Å². The monoisotopic (exact) mass is 352 g/mol. The number of methoxy groups -OCH3 is 1. The average Bonchev–Trinajstić information content (AvgIpc) is 2.68. The van der Waals surface area contributed by atoms with Crippen LogP contribution in [0.1, 0.15) is 39.0 Å². The van der Waals surface area contributed by atoms with Gasteiger partial charge in [0.2, 0.25) is 0 Å². The lowest BCUT2D eigenvalue weighted by Crippen LogP contribution is -2.52. The van der Waals surface area contributed by atoms with E-state index in [0.29, 0.717) is 18.6 Å². The first kappa shape index (κ1) is 18.1. The lowest BCUT2D eigenvalue weighted by molar-refractivity contribution is -0.129. The molecule has 1 aliphatic carbocycles. The maximum Gasteiger partial charge on any atom is 0.262 e. The van der Waals surface area contributed by atoms with E-state index in [1.165, 1.54) is 0 Å². The van der Waals surface area contributed by atoms with Gasteiger partial charge in [0.15, 0.2) is 6.10 Å². The van der Waals surface area contributed by atoms with Crippen molar-refractivity contribution in [2.75, 3.05) is 7.11 Å². The molecule has 0 aliphatic heterocycles. The van der Waals surface area contributed by atoms with Crippen LogP contribution in [0.4, 0.5) is 0 Å². The second-order valence-corrected chi connectivity index (χ2v) is 6.88. The first-order chi connectivity index (χ1) is 12.5. The number of carbonyl (C=O) groups excluding carboxylic acids is 1. The molecule has 0 spiro atoms. The zero-order valence-electron chi connectivity index (χ0n) is 15.2. The van der Waals surface area contributed by atoms with Crippen molar-refractivity contribution in [2.24, 2.45) is 0 Å². The summed E-state index contributed by atoms with van der Waals surface area (Å²) in [6.45, 7) is 1.71. The molecule has 0 aromatic heterocycles. The maximum absolute atomic E-state index is 12.5. The van der Waals surface area contributed by atoms with Crippen LogP contribution in [0.3, 0.4) is 0 Å². The number of hydrogen-bond acceptors (Lipinski definition) is 4. The van der Waals surface area contributed by atoms with Gasteiger partial charge in [0.05, 0.1) is 13.2 Å². The number of benzene rings is 2. The van der Waals surface area contributed by atoms with Crippen molar-refractivity contribution in [1.29, 1.82) is 5.26 Å². The molecule has 0 saturated heterocycles. The van der Waals surface area contributed by atoms with Crippen molar-refractivity contribution in [1.82, 2.24) is 5.32 Å². The fraction of sp³-hybridized carbons (Fsp3) is 0.429. The summed E-state index contributed by atoms with van der Waals surface area (Å²) in [7, 11) is 1.63. The largest absolute Gasteiger partial charge is 0.497 e. The zero-order chi connectivity index (χ0) is 18.6. The first-order valence-corrected chi connectivity index (χ1v) is 9.03. The Morgan fingerprint density at radius 1 is 1.12 bits per heavy atom. The van der Waals surface area contributed by atoms with Gasteiger partial charge in [-0.15, -0.1) is 0 Å². The summed E-state index contributed by atoms with van der Waals surface area (Å²) in [4.78, 5) is 12.5. The fourth-order valence-electron chi connectivity index (χ4n) is 3.42. The summed E-state index contributed by atoms with van der Waals surface area (Å²) in [5.74, 6) is 1.14. The number of rotatable bonds is 5. The van der Waals surface area contributed by atoms with E-state index in [4.69, 9.17) is 9.47 Å². The molecule has 1 N–H and O–H groups in total. The Bertz CT molecular complexity index is 835. The molecule has 2 aromatic carbocycles. The standard InChI is InChI=1S/C21H24N2O3/c1-15(20(24)23-21(14-22)10-4-3-5-11-21)26-19-9-7-16-6-8-18(25-2)12-17(16)13-19/h6-9,12-13,15H,3-5,10-11H2,1-2H3,(H,23,24)/t15-/m1/s1. The van der Waals surface area contributed by atoms with Crippen LogP contribution in [0, 0.1) is 11.3 Å². The number of ether oxygens (including phenoxy) is 2. The van der Waals surface area contributed by atoms with Gasteiger partial charge < -0.3 is 14.8 Å². The Labute approximate surface area is 153 Å². The molecule has 1 fully saturated rings. The number of fused-ring (bicyclic) bond motifs is 1. The highest BCUT2D eigenvalue weighted by molar-refractivity contribution is 5.86. The van der Waals surface area contributed by atoms with E-state index in [2.05, 4.69) is 11.4 Å². The van der Waals surface area contributed by atoms with Crippen LogP contribution >= 0.6 is 0 Å². The van der Waals surface area contributed by atoms with Crippen LogP contribution in [-0.4, -0.2) is 24.7 Å². The second-order valence-electron chi connectivity index (χ2n) is 6.88. The third-order valence-electron chi connectivity index (χ3n) is 4.98. The van der Waals surface area contributed by atoms with E-state index in [0.717, 1.165) is 35.8 Å². The molecule has 2 aromatic rings. The highest BCUT2D eigenvalue weighted by atomic mass is 16.5. The quantitative estimate of drug-likeness (QED) is 0.884. The second kappa shape index (κ2) is 7.65. The first-order valence-electron chi connectivity index (χ1n) is 9.03. The number of carbonyl (C=O) groups is 1. The number of nitriles is 1. The predicted molar refractivity (Wildman–Crippen MR) is 100 cm³/mol. The Hall–Kier alpha value is -2.74. The van der Waals surface area contributed by atoms with Crippen LogP contribution in [0.15, 0.2) is 36.4 Å². The molecular weight excluding hydrogens is 328 g/mol. The summed E-state index contributed by atoms with van der Waals surface area (Å²) in [6, 6.07) is 13.8. The van der Waals surface area contributed by atoms with Crippen LogP contribution < -0.4 is 14.8 Å². The molecule has 5 heteroatoms. The number of nitrogens with zero attached hydrogens (tertiary/aromatic N) is 1. The minimum Gasteiger partial charge on any atom is -0.497 e. The van der Waals surface area contributed by atoms with Gasteiger partial charge in [-0.25, -0.2) is 0 Å². The van der Waals surface area contributed by atoms with Crippen molar-refractivity contribution >= 4 is 16.7 Å². The van der Waals surface area contributed by atoms with Crippen molar-refractivity contribution in [2.45, 2.75) is 50.7 Å². The highest BCUT2D eigenvalue weighted by Crippen LogP contribution is 2.28. The van der Waals surface area contributed by atoms with Crippen LogP contribution in [0.25, 0.3) is 10.8 Å². The highest BCUT2D eigenvalue weighted by Gasteiger charge is 2.35. The molecule has 1 aliphatic rings. The topological polar surface area (TPSA) is 71.3 Å². The van der Waals surface area contributed by atoms with E-state index < -0.39 is 11.6 Å². The molecule has 26 heavy (non-hydrogen) atoms. The summed E-state index contributed by atoms with van der Waals surface area (Å²) < 4.78 is 11.1. The molecule has 5 nitrogen and oxygen atoms in total. The molecule has 0 radical (unpaired) electrons. The third kappa shape index (κ3) is 3.91. The molecule has 0 heterocycles.